The van der Waals surface area contributed by atoms with Crippen LogP contribution in [-0.4, -0.2) is 26.5 Å². The summed E-state index contributed by atoms with van der Waals surface area (Å²) >= 11 is 0. The van der Waals surface area contributed by atoms with Crippen LogP contribution < -0.4 is 15.2 Å². The molecular formula is C15H23NO3. The van der Waals surface area contributed by atoms with E-state index in [4.69, 9.17) is 15.2 Å². The molecule has 0 aromatic heterocycles. The van der Waals surface area contributed by atoms with Gasteiger partial charge in [-0.15, -0.1) is 0 Å². The lowest BCUT2D eigenvalue weighted by Crippen LogP contribution is -2.16. The molecule has 106 valence electrons. The molecule has 0 saturated carbocycles. The Balaban J connectivity index is 3.25. The monoisotopic (exact) mass is 265 g/mol. The molecular weight excluding hydrogens is 242 g/mol. The summed E-state index contributed by atoms with van der Waals surface area (Å²) < 4.78 is 10.7. The molecule has 4 heteroatoms. The first-order chi connectivity index (χ1) is 8.96. The van der Waals surface area contributed by atoms with Crippen molar-refractivity contribution in [3.63, 3.8) is 0 Å². The molecule has 1 rings (SSSR count). The Morgan fingerprint density at radius 2 is 1.89 bits per heavy atom. The first kappa shape index (κ1) is 15.5. The van der Waals surface area contributed by atoms with Crippen molar-refractivity contribution < 1.29 is 14.3 Å². The first-order valence-electron chi connectivity index (χ1n) is 6.41. The number of hydrogen-bond acceptors (Lipinski definition) is 4. The van der Waals surface area contributed by atoms with Gasteiger partial charge in [0.1, 0.15) is 11.5 Å². The lowest BCUT2D eigenvalue weighted by Gasteiger charge is -2.17. The van der Waals surface area contributed by atoms with Gasteiger partial charge in [0.2, 0.25) is 0 Å². The lowest BCUT2D eigenvalue weighted by molar-refractivity contribution is 0.0962. The van der Waals surface area contributed by atoms with Crippen LogP contribution in [0, 0.1) is 19.8 Å². The Kier molecular flexibility index (Phi) is 5.36. The number of methoxy groups -OCH3 is 2. The Hall–Kier alpha value is -1.55. The summed E-state index contributed by atoms with van der Waals surface area (Å²) in [5, 5.41) is 0. The van der Waals surface area contributed by atoms with Crippen LogP contribution in [0.3, 0.4) is 0 Å². The molecule has 0 heterocycles. The van der Waals surface area contributed by atoms with Gasteiger partial charge in [-0.25, -0.2) is 0 Å². The van der Waals surface area contributed by atoms with Crippen molar-refractivity contribution in [2.45, 2.75) is 27.2 Å². The van der Waals surface area contributed by atoms with Gasteiger partial charge in [0.05, 0.1) is 19.8 Å². The number of ketones is 1. The summed E-state index contributed by atoms with van der Waals surface area (Å²) in [5.74, 6) is 1.54. The van der Waals surface area contributed by atoms with Crippen LogP contribution in [0.25, 0.3) is 0 Å². The fourth-order valence-corrected chi connectivity index (χ4v) is 2.05. The standard InChI is InChI=1S/C15H23NO3/c1-9(8-16)6-13(17)12-7-14(18-4)10(2)11(3)15(12)19-5/h7,9H,6,8,16H2,1-5H3. The van der Waals surface area contributed by atoms with E-state index in [2.05, 4.69) is 0 Å². The van der Waals surface area contributed by atoms with Crippen molar-refractivity contribution in [2.24, 2.45) is 11.7 Å². The molecule has 0 aliphatic heterocycles. The minimum absolute atomic E-state index is 0.0381. The largest absolute Gasteiger partial charge is 0.496 e. The first-order valence-corrected chi connectivity index (χ1v) is 6.41. The van der Waals surface area contributed by atoms with Gasteiger partial charge in [-0.2, -0.15) is 0 Å². The fourth-order valence-electron chi connectivity index (χ4n) is 2.05. The maximum Gasteiger partial charge on any atom is 0.167 e. The summed E-state index contributed by atoms with van der Waals surface area (Å²) in [6, 6.07) is 1.76. The minimum atomic E-state index is 0.0381. The number of rotatable bonds is 6. The highest BCUT2D eigenvalue weighted by Gasteiger charge is 2.20. The van der Waals surface area contributed by atoms with Crippen LogP contribution in [0.2, 0.25) is 0 Å². The second-order valence-electron chi connectivity index (χ2n) is 4.88. The molecule has 0 fully saturated rings. The molecule has 0 aliphatic carbocycles. The van der Waals surface area contributed by atoms with Crippen LogP contribution >= 0.6 is 0 Å². The molecule has 1 aromatic rings. The molecule has 1 atom stereocenters. The van der Waals surface area contributed by atoms with Gasteiger partial charge < -0.3 is 15.2 Å². The van der Waals surface area contributed by atoms with Gasteiger partial charge in [-0.05, 0) is 43.5 Å². The molecule has 2 N–H and O–H groups in total. The zero-order valence-corrected chi connectivity index (χ0v) is 12.4. The normalized spacial score (nSPS) is 12.1. The summed E-state index contributed by atoms with van der Waals surface area (Å²) in [4.78, 5) is 12.3. The highest BCUT2D eigenvalue weighted by atomic mass is 16.5. The van der Waals surface area contributed by atoms with Gasteiger partial charge in [0.25, 0.3) is 0 Å². The highest BCUT2D eigenvalue weighted by Crippen LogP contribution is 2.34. The van der Waals surface area contributed by atoms with E-state index < -0.39 is 0 Å². The van der Waals surface area contributed by atoms with Crippen molar-refractivity contribution in [3.05, 3.63) is 22.8 Å². The smallest absolute Gasteiger partial charge is 0.167 e. The minimum Gasteiger partial charge on any atom is -0.496 e. The molecule has 0 spiro atoms. The predicted molar refractivity (Wildman–Crippen MR) is 76.2 cm³/mol. The summed E-state index contributed by atoms with van der Waals surface area (Å²) in [6.45, 7) is 6.34. The quantitative estimate of drug-likeness (QED) is 0.803. The molecule has 0 aliphatic rings. The SMILES string of the molecule is COc1cc(C(=O)CC(C)CN)c(OC)c(C)c1C. The average Bonchev–Trinajstić information content (AvgIpc) is 2.41. The molecule has 0 saturated heterocycles. The third kappa shape index (κ3) is 3.26. The van der Waals surface area contributed by atoms with E-state index in [1.165, 1.54) is 0 Å². The van der Waals surface area contributed by atoms with Crippen molar-refractivity contribution in [1.82, 2.24) is 0 Å². The molecule has 1 aromatic carbocycles. The lowest BCUT2D eigenvalue weighted by atomic mass is 9.95. The number of nitrogens with two attached hydrogens (primary N) is 1. The Labute approximate surface area is 114 Å². The van der Waals surface area contributed by atoms with Crippen LogP contribution in [0.5, 0.6) is 11.5 Å². The van der Waals surface area contributed by atoms with Crippen LogP contribution in [-0.2, 0) is 0 Å². The average molecular weight is 265 g/mol. The van der Waals surface area contributed by atoms with Crippen LogP contribution in [0.4, 0.5) is 0 Å². The number of benzene rings is 1. The summed E-state index contributed by atoms with van der Waals surface area (Å²) in [6.07, 6.45) is 0.415. The number of carbonyl (C=O) groups excluding carboxylic acids is 1. The van der Waals surface area contributed by atoms with E-state index in [0.29, 0.717) is 30.0 Å². The van der Waals surface area contributed by atoms with Gasteiger partial charge in [0.15, 0.2) is 5.78 Å². The zero-order chi connectivity index (χ0) is 14.6. The molecule has 4 nitrogen and oxygen atoms in total. The van der Waals surface area contributed by atoms with Gasteiger partial charge in [-0.1, -0.05) is 6.92 Å². The predicted octanol–water partition coefficient (Wildman–Crippen LogP) is 2.49. The highest BCUT2D eigenvalue weighted by molar-refractivity contribution is 6.00. The van der Waals surface area contributed by atoms with Gasteiger partial charge in [-0.3, -0.25) is 4.79 Å². The van der Waals surface area contributed by atoms with E-state index in [0.717, 1.165) is 11.1 Å². The van der Waals surface area contributed by atoms with E-state index in [1.54, 1.807) is 20.3 Å². The van der Waals surface area contributed by atoms with Crippen LogP contribution in [0.1, 0.15) is 34.8 Å². The van der Waals surface area contributed by atoms with Crippen molar-refractivity contribution in [3.8, 4) is 11.5 Å². The van der Waals surface area contributed by atoms with Crippen LogP contribution in [0.15, 0.2) is 6.07 Å². The summed E-state index contributed by atoms with van der Waals surface area (Å²) in [7, 11) is 3.18. The maximum atomic E-state index is 12.3. The van der Waals surface area contributed by atoms with E-state index in [9.17, 15) is 4.79 Å². The van der Waals surface area contributed by atoms with Crippen molar-refractivity contribution >= 4 is 5.78 Å². The molecule has 0 bridgehead atoms. The second kappa shape index (κ2) is 6.57. The third-order valence-corrected chi connectivity index (χ3v) is 3.45. The Morgan fingerprint density at radius 1 is 1.26 bits per heavy atom. The second-order valence-corrected chi connectivity index (χ2v) is 4.88. The molecule has 0 amide bonds. The maximum absolute atomic E-state index is 12.3. The van der Waals surface area contributed by atoms with E-state index in [1.807, 2.05) is 20.8 Å². The molecule has 1 unspecified atom stereocenters. The van der Waals surface area contributed by atoms with Gasteiger partial charge >= 0.3 is 0 Å². The number of ether oxygens (including phenoxy) is 2. The van der Waals surface area contributed by atoms with Crippen molar-refractivity contribution in [1.29, 1.82) is 0 Å². The molecule has 19 heavy (non-hydrogen) atoms. The zero-order valence-electron chi connectivity index (χ0n) is 12.4. The number of hydrogen-bond donors (Lipinski definition) is 1. The van der Waals surface area contributed by atoms with Gasteiger partial charge in [0, 0.05) is 6.42 Å². The molecule has 0 radical (unpaired) electrons. The van der Waals surface area contributed by atoms with E-state index in [-0.39, 0.29) is 11.7 Å². The number of Topliss-reactive ketones (excluding diaryl/α,β-unsaturated/α-hetero) is 1. The Bertz CT molecular complexity index is 469. The van der Waals surface area contributed by atoms with Crippen molar-refractivity contribution in [2.75, 3.05) is 20.8 Å². The summed E-state index contributed by atoms with van der Waals surface area (Å²) in [5.41, 5.74) is 8.07. The third-order valence-electron chi connectivity index (χ3n) is 3.45. The fraction of sp³-hybridized carbons (Fsp3) is 0.533. The number of carbonyl (C=O) groups is 1. The topological polar surface area (TPSA) is 61.5 Å². The van der Waals surface area contributed by atoms with E-state index >= 15 is 0 Å². The Morgan fingerprint density at radius 3 is 2.37 bits per heavy atom.